The number of rotatable bonds is 3. The van der Waals surface area contributed by atoms with Gasteiger partial charge in [0.05, 0.1) is 0 Å². The van der Waals surface area contributed by atoms with Crippen LogP contribution in [0.4, 0.5) is 5.82 Å². The fourth-order valence-electron chi connectivity index (χ4n) is 1.38. The van der Waals surface area contributed by atoms with Crippen LogP contribution in [0.25, 0.3) is 0 Å². The topological polar surface area (TPSA) is 73.0 Å². The molecule has 0 bridgehead atoms. The third kappa shape index (κ3) is 1.95. The number of anilines is 1. The number of nitrogens with zero attached hydrogens (tertiary/aromatic N) is 3. The van der Waals surface area contributed by atoms with Gasteiger partial charge in [0.15, 0.2) is 5.82 Å². The maximum absolute atomic E-state index is 11.8. The Morgan fingerprint density at radius 2 is 2.44 bits per heavy atom. The summed E-state index contributed by atoms with van der Waals surface area (Å²) in [7, 11) is 0. The molecule has 0 radical (unpaired) electrons. The first-order chi connectivity index (χ1) is 7.70. The molecule has 6 nitrogen and oxygen atoms in total. The van der Waals surface area contributed by atoms with Crippen molar-refractivity contribution in [3.63, 3.8) is 0 Å². The minimum Gasteiger partial charge on any atom is -0.360 e. The zero-order valence-corrected chi connectivity index (χ0v) is 9.10. The molecule has 0 spiro atoms. The molecule has 1 amide bonds. The number of hydrogen-bond donors (Lipinski definition) is 1. The van der Waals surface area contributed by atoms with Crippen LogP contribution in [0.15, 0.2) is 22.9 Å². The van der Waals surface area contributed by atoms with Crippen molar-refractivity contribution in [1.82, 2.24) is 14.9 Å². The Balaban J connectivity index is 2.14. The van der Waals surface area contributed by atoms with Crippen LogP contribution in [-0.4, -0.2) is 20.8 Å². The summed E-state index contributed by atoms with van der Waals surface area (Å²) in [5, 5.41) is 10.3. The van der Waals surface area contributed by atoms with E-state index >= 15 is 0 Å². The van der Waals surface area contributed by atoms with E-state index in [1.54, 1.807) is 29.9 Å². The van der Waals surface area contributed by atoms with Gasteiger partial charge in [-0.25, -0.2) is 0 Å². The molecule has 6 heteroatoms. The Hall–Kier alpha value is -2.11. The van der Waals surface area contributed by atoms with Crippen LogP contribution in [0.1, 0.15) is 23.2 Å². The summed E-state index contributed by atoms with van der Waals surface area (Å²) in [6, 6.07) is 3.32. The Bertz CT molecular complexity index is 500. The van der Waals surface area contributed by atoms with Crippen LogP contribution in [0, 0.1) is 6.92 Å². The lowest BCUT2D eigenvalue weighted by Gasteiger charge is -2.03. The standard InChI is InChI=1S/C10H12N4O2/c1-3-14-8(4-5-11-14)10(15)12-9-6-7(2)16-13-9/h4-6H,3H2,1-2H3,(H,12,13,15). The molecule has 0 fully saturated rings. The average Bonchev–Trinajstić information content (AvgIpc) is 2.86. The monoisotopic (exact) mass is 220 g/mol. The van der Waals surface area contributed by atoms with Crippen molar-refractivity contribution in [2.75, 3.05) is 5.32 Å². The zero-order chi connectivity index (χ0) is 11.5. The van der Waals surface area contributed by atoms with Crippen molar-refractivity contribution in [3.8, 4) is 0 Å². The summed E-state index contributed by atoms with van der Waals surface area (Å²) in [6.45, 7) is 4.33. The first-order valence-electron chi connectivity index (χ1n) is 4.97. The Kier molecular flexibility index (Phi) is 2.72. The second kappa shape index (κ2) is 4.18. The average molecular weight is 220 g/mol. The largest absolute Gasteiger partial charge is 0.360 e. The van der Waals surface area contributed by atoms with Gasteiger partial charge in [-0.05, 0) is 19.9 Å². The number of aryl methyl sites for hydroxylation is 2. The highest BCUT2D eigenvalue weighted by molar-refractivity contribution is 6.02. The van der Waals surface area contributed by atoms with Gasteiger partial charge in [-0.15, -0.1) is 0 Å². The SMILES string of the molecule is CCn1nccc1C(=O)Nc1cc(C)on1. The van der Waals surface area contributed by atoms with Gasteiger partial charge in [0.25, 0.3) is 5.91 Å². The van der Waals surface area contributed by atoms with E-state index in [1.165, 1.54) is 0 Å². The first kappa shape index (κ1) is 10.4. The summed E-state index contributed by atoms with van der Waals surface area (Å²) < 4.78 is 6.47. The predicted octanol–water partition coefficient (Wildman–Crippen LogP) is 1.45. The Morgan fingerprint density at radius 3 is 3.06 bits per heavy atom. The lowest BCUT2D eigenvalue weighted by molar-refractivity contribution is 0.101. The second-order valence-corrected chi connectivity index (χ2v) is 3.31. The van der Waals surface area contributed by atoms with Crippen molar-refractivity contribution in [2.24, 2.45) is 0 Å². The van der Waals surface area contributed by atoms with Gasteiger partial charge in [0, 0.05) is 18.8 Å². The first-order valence-corrected chi connectivity index (χ1v) is 4.97. The highest BCUT2D eigenvalue weighted by Crippen LogP contribution is 2.09. The van der Waals surface area contributed by atoms with Crippen molar-refractivity contribution >= 4 is 11.7 Å². The van der Waals surface area contributed by atoms with Crippen LogP contribution in [0.2, 0.25) is 0 Å². The van der Waals surface area contributed by atoms with E-state index in [0.29, 0.717) is 23.8 Å². The molecule has 2 rings (SSSR count). The molecule has 1 N–H and O–H groups in total. The molecule has 0 aliphatic heterocycles. The van der Waals surface area contributed by atoms with Gasteiger partial charge in [0.1, 0.15) is 11.5 Å². The molecule has 84 valence electrons. The van der Waals surface area contributed by atoms with Gasteiger partial charge in [0.2, 0.25) is 0 Å². The van der Waals surface area contributed by atoms with Crippen LogP contribution in [-0.2, 0) is 6.54 Å². The smallest absolute Gasteiger partial charge is 0.275 e. The van der Waals surface area contributed by atoms with Crippen LogP contribution in [0.5, 0.6) is 0 Å². The number of nitrogens with one attached hydrogen (secondary N) is 1. The van der Waals surface area contributed by atoms with Gasteiger partial charge in [-0.2, -0.15) is 5.10 Å². The number of aromatic nitrogens is 3. The van der Waals surface area contributed by atoms with Crippen molar-refractivity contribution in [3.05, 3.63) is 29.8 Å². The van der Waals surface area contributed by atoms with E-state index in [0.717, 1.165) is 0 Å². The minimum atomic E-state index is -0.243. The normalized spacial score (nSPS) is 10.4. The molecule has 0 aromatic carbocycles. The van der Waals surface area contributed by atoms with Crippen LogP contribution in [0.3, 0.4) is 0 Å². The summed E-state index contributed by atoms with van der Waals surface area (Å²) >= 11 is 0. The quantitative estimate of drug-likeness (QED) is 0.849. The molecule has 0 aliphatic carbocycles. The Labute approximate surface area is 92.2 Å². The lowest BCUT2D eigenvalue weighted by atomic mass is 10.4. The number of amides is 1. The van der Waals surface area contributed by atoms with Crippen molar-refractivity contribution < 1.29 is 9.32 Å². The molecule has 0 atom stereocenters. The number of hydrogen-bond acceptors (Lipinski definition) is 4. The third-order valence-electron chi connectivity index (χ3n) is 2.12. The van der Waals surface area contributed by atoms with E-state index in [2.05, 4.69) is 15.6 Å². The highest BCUT2D eigenvalue weighted by atomic mass is 16.5. The van der Waals surface area contributed by atoms with Gasteiger partial charge >= 0.3 is 0 Å². The summed E-state index contributed by atoms with van der Waals surface area (Å²) in [5.41, 5.74) is 0.503. The summed E-state index contributed by atoms with van der Waals surface area (Å²) in [6.07, 6.45) is 1.59. The zero-order valence-electron chi connectivity index (χ0n) is 9.10. The maximum Gasteiger partial charge on any atom is 0.275 e. The van der Waals surface area contributed by atoms with Gasteiger partial charge < -0.3 is 9.84 Å². The summed E-state index contributed by atoms with van der Waals surface area (Å²) in [5.74, 6) is 0.818. The molecular formula is C10H12N4O2. The second-order valence-electron chi connectivity index (χ2n) is 3.31. The lowest BCUT2D eigenvalue weighted by Crippen LogP contribution is -2.17. The molecular weight excluding hydrogens is 208 g/mol. The van der Waals surface area contributed by atoms with E-state index < -0.39 is 0 Å². The predicted molar refractivity (Wildman–Crippen MR) is 57.1 cm³/mol. The maximum atomic E-state index is 11.8. The van der Waals surface area contributed by atoms with Crippen LogP contribution >= 0.6 is 0 Å². The van der Waals surface area contributed by atoms with E-state index in [4.69, 9.17) is 4.52 Å². The molecule has 0 aliphatic rings. The molecule has 0 saturated carbocycles. The number of carbonyl (C=O) groups is 1. The third-order valence-corrected chi connectivity index (χ3v) is 2.12. The number of carbonyl (C=O) groups excluding carboxylic acids is 1. The van der Waals surface area contributed by atoms with E-state index in [9.17, 15) is 4.79 Å². The molecule has 2 aromatic rings. The fourth-order valence-corrected chi connectivity index (χ4v) is 1.38. The Morgan fingerprint density at radius 1 is 1.62 bits per heavy atom. The highest BCUT2D eigenvalue weighted by Gasteiger charge is 2.12. The van der Waals surface area contributed by atoms with Crippen molar-refractivity contribution in [2.45, 2.75) is 20.4 Å². The molecule has 2 heterocycles. The van der Waals surface area contributed by atoms with Crippen molar-refractivity contribution in [1.29, 1.82) is 0 Å². The van der Waals surface area contributed by atoms with Crippen LogP contribution < -0.4 is 5.32 Å². The molecule has 16 heavy (non-hydrogen) atoms. The summed E-state index contributed by atoms with van der Waals surface area (Å²) in [4.78, 5) is 11.8. The molecule has 2 aromatic heterocycles. The van der Waals surface area contributed by atoms with E-state index in [-0.39, 0.29) is 5.91 Å². The van der Waals surface area contributed by atoms with E-state index in [1.807, 2.05) is 6.92 Å². The van der Waals surface area contributed by atoms with Gasteiger partial charge in [-0.3, -0.25) is 9.48 Å². The molecule has 0 unspecified atom stereocenters. The molecule has 0 saturated heterocycles. The minimum absolute atomic E-state index is 0.243. The van der Waals surface area contributed by atoms with Gasteiger partial charge in [-0.1, -0.05) is 5.16 Å². The fraction of sp³-hybridized carbons (Fsp3) is 0.300.